The van der Waals surface area contributed by atoms with Crippen molar-refractivity contribution in [2.24, 2.45) is 0 Å². The fourth-order valence-electron chi connectivity index (χ4n) is 2.39. The molecule has 0 spiro atoms. The molecule has 0 fully saturated rings. The van der Waals surface area contributed by atoms with Crippen molar-refractivity contribution in [2.75, 3.05) is 0 Å². The number of H-pyrrole nitrogens is 2. The highest BCUT2D eigenvalue weighted by molar-refractivity contribution is 5.80. The van der Waals surface area contributed by atoms with Gasteiger partial charge < -0.3 is 9.97 Å². The van der Waals surface area contributed by atoms with Gasteiger partial charge in [-0.25, -0.2) is 9.97 Å². The largest absolute Gasteiger partial charge is 0.338 e. The zero-order valence-corrected chi connectivity index (χ0v) is 11.6. The van der Waals surface area contributed by atoms with E-state index in [0.717, 1.165) is 16.9 Å². The first kappa shape index (κ1) is 12.5. The van der Waals surface area contributed by atoms with Crippen LogP contribution in [0.4, 0.5) is 0 Å². The van der Waals surface area contributed by atoms with E-state index in [0.29, 0.717) is 16.7 Å². The SMILES string of the molecule is O=c1[nH]c(/C=C/c2nc3ccccc3[nH]2)nc2ccccc12. The molecule has 0 saturated heterocycles. The first-order valence-electron chi connectivity index (χ1n) is 6.91. The van der Waals surface area contributed by atoms with Crippen LogP contribution < -0.4 is 5.56 Å². The van der Waals surface area contributed by atoms with E-state index in [1.54, 1.807) is 18.2 Å². The Bertz CT molecular complexity index is 1030. The van der Waals surface area contributed by atoms with Gasteiger partial charge in [-0.2, -0.15) is 0 Å². The number of imidazole rings is 1. The molecule has 0 aliphatic heterocycles. The molecule has 2 N–H and O–H groups in total. The van der Waals surface area contributed by atoms with Gasteiger partial charge in [-0.3, -0.25) is 4.79 Å². The number of nitrogens with one attached hydrogen (secondary N) is 2. The Hall–Kier alpha value is -3.21. The van der Waals surface area contributed by atoms with Gasteiger partial charge in [-0.05, 0) is 36.4 Å². The van der Waals surface area contributed by atoms with Crippen LogP contribution in [0.15, 0.2) is 53.3 Å². The summed E-state index contributed by atoms with van der Waals surface area (Å²) in [7, 11) is 0. The van der Waals surface area contributed by atoms with Crippen molar-refractivity contribution in [1.29, 1.82) is 0 Å². The van der Waals surface area contributed by atoms with Crippen molar-refractivity contribution in [3.8, 4) is 0 Å². The van der Waals surface area contributed by atoms with Gasteiger partial charge in [0.15, 0.2) is 0 Å². The lowest BCUT2D eigenvalue weighted by Crippen LogP contribution is -2.09. The summed E-state index contributed by atoms with van der Waals surface area (Å²) in [5.41, 5.74) is 2.41. The van der Waals surface area contributed by atoms with Crippen molar-refractivity contribution in [2.45, 2.75) is 0 Å². The van der Waals surface area contributed by atoms with E-state index in [1.807, 2.05) is 42.5 Å². The first-order valence-corrected chi connectivity index (χ1v) is 6.91. The molecule has 2 aromatic heterocycles. The Kier molecular flexibility index (Phi) is 2.83. The molecule has 0 atom stereocenters. The van der Waals surface area contributed by atoms with Crippen molar-refractivity contribution >= 4 is 34.1 Å². The lowest BCUT2D eigenvalue weighted by molar-refractivity contribution is 1.14. The Balaban J connectivity index is 1.74. The first-order chi connectivity index (χ1) is 10.8. The van der Waals surface area contributed by atoms with Crippen LogP contribution >= 0.6 is 0 Å². The van der Waals surface area contributed by atoms with Crippen molar-refractivity contribution in [3.63, 3.8) is 0 Å². The van der Waals surface area contributed by atoms with E-state index in [-0.39, 0.29) is 5.56 Å². The van der Waals surface area contributed by atoms with Crippen LogP contribution in [0.2, 0.25) is 0 Å². The highest BCUT2D eigenvalue weighted by Crippen LogP contribution is 2.12. The third-order valence-electron chi connectivity index (χ3n) is 3.44. The summed E-state index contributed by atoms with van der Waals surface area (Å²) in [6, 6.07) is 15.1. The number of aromatic amines is 2. The highest BCUT2D eigenvalue weighted by atomic mass is 16.1. The van der Waals surface area contributed by atoms with E-state index in [4.69, 9.17) is 0 Å². The van der Waals surface area contributed by atoms with Gasteiger partial charge in [0.25, 0.3) is 5.56 Å². The number of fused-ring (bicyclic) bond motifs is 2. The van der Waals surface area contributed by atoms with E-state index in [2.05, 4.69) is 19.9 Å². The second-order valence-electron chi connectivity index (χ2n) is 4.94. The number of rotatable bonds is 2. The van der Waals surface area contributed by atoms with Crippen molar-refractivity contribution in [1.82, 2.24) is 19.9 Å². The number of para-hydroxylation sites is 3. The highest BCUT2D eigenvalue weighted by Gasteiger charge is 2.01. The molecule has 0 bridgehead atoms. The molecule has 2 heterocycles. The minimum atomic E-state index is -0.144. The second-order valence-corrected chi connectivity index (χ2v) is 4.94. The molecule has 106 valence electrons. The van der Waals surface area contributed by atoms with E-state index in [9.17, 15) is 4.79 Å². The van der Waals surface area contributed by atoms with Crippen molar-refractivity contribution in [3.05, 3.63) is 70.5 Å². The lowest BCUT2D eigenvalue weighted by Gasteiger charge is -1.97. The number of hydrogen-bond donors (Lipinski definition) is 2. The zero-order chi connectivity index (χ0) is 14.9. The average Bonchev–Trinajstić information content (AvgIpc) is 2.96. The van der Waals surface area contributed by atoms with E-state index < -0.39 is 0 Å². The monoisotopic (exact) mass is 288 g/mol. The quantitative estimate of drug-likeness (QED) is 0.595. The molecule has 4 aromatic rings. The van der Waals surface area contributed by atoms with E-state index in [1.165, 1.54) is 0 Å². The van der Waals surface area contributed by atoms with Gasteiger partial charge in [0.2, 0.25) is 0 Å². The normalized spacial score (nSPS) is 11.6. The van der Waals surface area contributed by atoms with Gasteiger partial charge in [0.05, 0.1) is 21.9 Å². The number of aromatic nitrogens is 4. The van der Waals surface area contributed by atoms with Gasteiger partial charge >= 0.3 is 0 Å². The summed E-state index contributed by atoms with van der Waals surface area (Å²) in [4.78, 5) is 26.8. The molecule has 2 aromatic carbocycles. The Morgan fingerprint density at radius 3 is 2.23 bits per heavy atom. The fourth-order valence-corrected chi connectivity index (χ4v) is 2.39. The molecule has 22 heavy (non-hydrogen) atoms. The van der Waals surface area contributed by atoms with Crippen LogP contribution in [-0.4, -0.2) is 19.9 Å². The van der Waals surface area contributed by atoms with Gasteiger partial charge in [-0.1, -0.05) is 24.3 Å². The third kappa shape index (κ3) is 2.18. The lowest BCUT2D eigenvalue weighted by atomic mass is 10.2. The molecule has 0 unspecified atom stereocenters. The van der Waals surface area contributed by atoms with E-state index >= 15 is 0 Å². The summed E-state index contributed by atoms with van der Waals surface area (Å²) < 4.78 is 0. The minimum Gasteiger partial charge on any atom is -0.338 e. The maximum atomic E-state index is 12.0. The third-order valence-corrected chi connectivity index (χ3v) is 3.44. The van der Waals surface area contributed by atoms with Gasteiger partial charge in [0.1, 0.15) is 11.6 Å². The summed E-state index contributed by atoms with van der Waals surface area (Å²) in [6.45, 7) is 0. The number of hydrogen-bond acceptors (Lipinski definition) is 3. The second kappa shape index (κ2) is 4.96. The summed E-state index contributed by atoms with van der Waals surface area (Å²) in [6.07, 6.45) is 3.54. The van der Waals surface area contributed by atoms with Gasteiger partial charge in [-0.15, -0.1) is 0 Å². The van der Waals surface area contributed by atoms with Crippen LogP contribution in [0.5, 0.6) is 0 Å². The van der Waals surface area contributed by atoms with Crippen LogP contribution in [-0.2, 0) is 0 Å². The summed E-state index contributed by atoms with van der Waals surface area (Å²) in [5, 5.41) is 0.586. The molecule has 0 saturated carbocycles. The topological polar surface area (TPSA) is 74.4 Å². The van der Waals surface area contributed by atoms with Crippen LogP contribution in [0, 0.1) is 0 Å². The maximum Gasteiger partial charge on any atom is 0.259 e. The molecule has 0 aliphatic rings. The van der Waals surface area contributed by atoms with Crippen LogP contribution in [0.3, 0.4) is 0 Å². The molecular weight excluding hydrogens is 276 g/mol. The molecule has 0 radical (unpaired) electrons. The zero-order valence-electron chi connectivity index (χ0n) is 11.6. The van der Waals surface area contributed by atoms with Gasteiger partial charge in [0, 0.05) is 0 Å². The average molecular weight is 288 g/mol. The predicted molar refractivity (Wildman–Crippen MR) is 87.4 cm³/mol. The Morgan fingerprint density at radius 1 is 0.773 bits per heavy atom. The molecule has 5 nitrogen and oxygen atoms in total. The van der Waals surface area contributed by atoms with Crippen LogP contribution in [0.1, 0.15) is 11.6 Å². The predicted octanol–water partition coefficient (Wildman–Crippen LogP) is 2.97. The fraction of sp³-hybridized carbons (Fsp3) is 0. The number of nitrogens with zero attached hydrogens (tertiary/aromatic N) is 2. The molecule has 0 amide bonds. The molecular formula is C17H12N4O. The Morgan fingerprint density at radius 2 is 1.41 bits per heavy atom. The summed E-state index contributed by atoms with van der Waals surface area (Å²) in [5.74, 6) is 1.22. The standard InChI is InChI=1S/C17H12N4O/c22-17-11-5-1-2-6-12(11)18-16(21-17)10-9-15-19-13-7-3-4-8-14(13)20-15/h1-10H,(H,19,20)(H,18,21,22)/b10-9+. The molecule has 5 heteroatoms. The molecule has 0 aliphatic carbocycles. The van der Waals surface area contributed by atoms with Crippen molar-refractivity contribution < 1.29 is 0 Å². The summed E-state index contributed by atoms with van der Waals surface area (Å²) >= 11 is 0. The Labute approximate surface area is 125 Å². The molecule has 4 rings (SSSR count). The number of benzene rings is 2. The maximum absolute atomic E-state index is 12.0. The van der Waals surface area contributed by atoms with Crippen LogP contribution in [0.25, 0.3) is 34.1 Å². The minimum absolute atomic E-state index is 0.144. The smallest absolute Gasteiger partial charge is 0.259 e.